The van der Waals surface area contributed by atoms with Crippen LogP contribution in [0.1, 0.15) is 16.8 Å². The Morgan fingerprint density at radius 1 is 1.50 bits per heavy atom. The predicted octanol–water partition coefficient (Wildman–Crippen LogP) is 1.30. The number of carbonyl (C=O) groups is 1. The number of hydrogen-bond acceptors (Lipinski definition) is 3. The van der Waals surface area contributed by atoms with Crippen molar-refractivity contribution in [3.05, 3.63) is 28.5 Å². The Morgan fingerprint density at radius 2 is 2.19 bits per heavy atom. The zero-order chi connectivity index (χ0) is 12.1. The van der Waals surface area contributed by atoms with E-state index >= 15 is 0 Å². The van der Waals surface area contributed by atoms with E-state index in [1.807, 2.05) is 0 Å². The maximum Gasteiger partial charge on any atom is 0.255 e. The minimum atomic E-state index is -0.699. The number of nitrogens with one attached hydrogen (secondary N) is 1. The molecule has 1 aromatic carbocycles. The highest BCUT2D eigenvalue weighted by Crippen LogP contribution is 2.28. The average molecular weight is 248 g/mol. The van der Waals surface area contributed by atoms with E-state index < -0.39 is 17.5 Å². The van der Waals surface area contributed by atoms with Crippen LogP contribution in [0.25, 0.3) is 0 Å². The molecule has 88 valence electrons. The Hall–Kier alpha value is -1.33. The van der Waals surface area contributed by atoms with Gasteiger partial charge in [0.1, 0.15) is 11.6 Å². The molecule has 0 unspecified atom stereocenters. The van der Waals surface area contributed by atoms with E-state index in [1.54, 1.807) is 0 Å². The van der Waals surface area contributed by atoms with Crippen LogP contribution in [-0.4, -0.2) is 29.3 Å². The van der Waals surface area contributed by atoms with Crippen LogP contribution in [0.4, 0.5) is 4.39 Å². The van der Waals surface area contributed by atoms with Gasteiger partial charge in [0.2, 0.25) is 0 Å². The number of carbonyl (C=O) groups excluding carboxylic acids is 1. The number of aliphatic hydroxyl groups is 1. The summed E-state index contributed by atoms with van der Waals surface area (Å²) in [6, 6.07) is 1.82. The molecule has 4 nitrogen and oxygen atoms in total. The first kappa shape index (κ1) is 12.7. The molecule has 16 heavy (non-hydrogen) atoms. The Labute approximate surface area is 96.7 Å². The molecule has 0 aromatic heterocycles. The van der Waals surface area contributed by atoms with E-state index in [1.165, 1.54) is 0 Å². The van der Waals surface area contributed by atoms with Crippen LogP contribution < -0.4 is 5.32 Å². The van der Waals surface area contributed by atoms with Crippen molar-refractivity contribution in [3.63, 3.8) is 0 Å². The molecule has 0 atom stereocenters. The normalized spacial score (nSPS) is 10.2. The summed E-state index contributed by atoms with van der Waals surface area (Å²) in [5.74, 6) is -1.79. The van der Waals surface area contributed by atoms with E-state index in [4.69, 9.17) is 16.7 Å². The predicted molar refractivity (Wildman–Crippen MR) is 57.1 cm³/mol. The standard InChI is InChI=1S/C10H11ClFNO3/c11-8-5-6(12)4-7(9(8)15)10(16)13-2-1-3-14/h4-5,14-15H,1-3H2,(H,13,16). The SMILES string of the molecule is O=C(NCCCO)c1cc(F)cc(Cl)c1O. The van der Waals surface area contributed by atoms with Crippen LogP contribution in [0.2, 0.25) is 5.02 Å². The first-order chi connectivity index (χ1) is 7.56. The van der Waals surface area contributed by atoms with Crippen LogP contribution in [0.5, 0.6) is 5.75 Å². The lowest BCUT2D eigenvalue weighted by Gasteiger charge is -2.07. The zero-order valence-corrected chi connectivity index (χ0v) is 9.09. The van der Waals surface area contributed by atoms with Gasteiger partial charge in [-0.05, 0) is 18.6 Å². The van der Waals surface area contributed by atoms with Crippen molar-refractivity contribution in [2.45, 2.75) is 6.42 Å². The third kappa shape index (κ3) is 3.08. The van der Waals surface area contributed by atoms with Crippen molar-refractivity contribution in [1.82, 2.24) is 5.32 Å². The molecular weight excluding hydrogens is 237 g/mol. The number of aliphatic hydroxyl groups excluding tert-OH is 1. The number of amides is 1. The van der Waals surface area contributed by atoms with Crippen molar-refractivity contribution >= 4 is 17.5 Å². The highest BCUT2D eigenvalue weighted by Gasteiger charge is 2.15. The van der Waals surface area contributed by atoms with Crippen molar-refractivity contribution in [1.29, 1.82) is 0 Å². The second-order valence-corrected chi connectivity index (χ2v) is 3.52. The summed E-state index contributed by atoms with van der Waals surface area (Å²) >= 11 is 5.51. The molecule has 0 aliphatic heterocycles. The summed E-state index contributed by atoms with van der Waals surface area (Å²) in [5, 5.41) is 20.1. The van der Waals surface area contributed by atoms with E-state index in [9.17, 15) is 14.3 Å². The first-order valence-corrected chi connectivity index (χ1v) is 5.01. The molecule has 0 aliphatic rings. The summed E-state index contributed by atoms with van der Waals surface area (Å²) in [6.07, 6.45) is 0.384. The van der Waals surface area contributed by atoms with Crippen LogP contribution in [0.15, 0.2) is 12.1 Å². The monoisotopic (exact) mass is 247 g/mol. The third-order valence-corrected chi connectivity index (χ3v) is 2.18. The third-order valence-electron chi connectivity index (χ3n) is 1.89. The van der Waals surface area contributed by atoms with Crippen molar-refractivity contribution in [2.75, 3.05) is 13.2 Å². The first-order valence-electron chi connectivity index (χ1n) is 4.63. The highest BCUT2D eigenvalue weighted by molar-refractivity contribution is 6.32. The summed E-state index contributed by atoms with van der Waals surface area (Å²) in [7, 11) is 0. The van der Waals surface area contributed by atoms with Gasteiger partial charge >= 0.3 is 0 Å². The number of rotatable bonds is 4. The minimum absolute atomic E-state index is 0.0594. The van der Waals surface area contributed by atoms with Crippen molar-refractivity contribution in [2.24, 2.45) is 0 Å². The van der Waals surface area contributed by atoms with Gasteiger partial charge in [-0.2, -0.15) is 0 Å². The molecule has 0 fully saturated rings. The van der Waals surface area contributed by atoms with Gasteiger partial charge in [-0.3, -0.25) is 4.79 Å². The van der Waals surface area contributed by atoms with Crippen molar-refractivity contribution < 1.29 is 19.4 Å². The lowest BCUT2D eigenvalue weighted by atomic mass is 10.2. The van der Waals surface area contributed by atoms with Gasteiger partial charge in [-0.25, -0.2) is 4.39 Å². The van der Waals surface area contributed by atoms with E-state index in [-0.39, 0.29) is 23.7 Å². The van der Waals surface area contributed by atoms with Gasteiger partial charge in [0, 0.05) is 13.2 Å². The Morgan fingerprint density at radius 3 is 2.81 bits per heavy atom. The molecule has 1 amide bonds. The maximum atomic E-state index is 12.9. The fourth-order valence-electron chi connectivity index (χ4n) is 1.12. The number of phenols is 1. The summed E-state index contributed by atoms with van der Waals surface area (Å²) in [6.45, 7) is 0.180. The summed E-state index contributed by atoms with van der Waals surface area (Å²) in [5.41, 5.74) is -0.220. The summed E-state index contributed by atoms with van der Waals surface area (Å²) < 4.78 is 12.9. The van der Waals surface area contributed by atoms with Gasteiger partial charge in [-0.15, -0.1) is 0 Å². The second kappa shape index (κ2) is 5.67. The number of aromatic hydroxyl groups is 1. The van der Waals surface area contributed by atoms with E-state index in [0.29, 0.717) is 6.42 Å². The molecule has 0 radical (unpaired) electrons. The molecular formula is C10H11ClFNO3. The Bertz CT molecular complexity index is 398. The molecule has 0 saturated carbocycles. The van der Waals surface area contributed by atoms with Gasteiger partial charge in [0.25, 0.3) is 5.91 Å². The van der Waals surface area contributed by atoms with Crippen molar-refractivity contribution in [3.8, 4) is 5.75 Å². The number of halogens is 2. The number of benzene rings is 1. The molecule has 0 saturated heterocycles. The Balaban J connectivity index is 2.82. The number of hydrogen-bond donors (Lipinski definition) is 3. The lowest BCUT2D eigenvalue weighted by Crippen LogP contribution is -2.25. The second-order valence-electron chi connectivity index (χ2n) is 3.12. The Kier molecular flexibility index (Phi) is 4.52. The quantitative estimate of drug-likeness (QED) is 0.703. The van der Waals surface area contributed by atoms with E-state index in [0.717, 1.165) is 12.1 Å². The average Bonchev–Trinajstić information content (AvgIpc) is 2.23. The van der Waals surface area contributed by atoms with E-state index in [2.05, 4.69) is 5.32 Å². The number of phenolic OH excluding ortho intramolecular Hbond substituents is 1. The molecule has 0 aliphatic carbocycles. The van der Waals surface area contributed by atoms with Crippen LogP contribution in [0, 0.1) is 5.82 Å². The van der Waals surface area contributed by atoms with Crippen LogP contribution >= 0.6 is 11.6 Å². The fraction of sp³-hybridized carbons (Fsp3) is 0.300. The molecule has 1 aromatic rings. The molecule has 3 N–H and O–H groups in total. The smallest absolute Gasteiger partial charge is 0.255 e. The topological polar surface area (TPSA) is 69.6 Å². The molecule has 0 heterocycles. The largest absolute Gasteiger partial charge is 0.506 e. The molecule has 0 bridgehead atoms. The maximum absolute atomic E-state index is 12.9. The molecule has 0 spiro atoms. The van der Waals surface area contributed by atoms with Gasteiger partial charge in [0.05, 0.1) is 10.6 Å². The lowest BCUT2D eigenvalue weighted by molar-refractivity contribution is 0.0948. The molecule has 1 rings (SSSR count). The van der Waals surface area contributed by atoms with Gasteiger partial charge in [-0.1, -0.05) is 11.6 Å². The van der Waals surface area contributed by atoms with Crippen LogP contribution in [0.3, 0.4) is 0 Å². The fourth-order valence-corrected chi connectivity index (χ4v) is 1.32. The highest BCUT2D eigenvalue weighted by atomic mass is 35.5. The summed E-state index contributed by atoms with van der Waals surface area (Å²) in [4.78, 5) is 11.5. The van der Waals surface area contributed by atoms with Gasteiger partial charge < -0.3 is 15.5 Å². The van der Waals surface area contributed by atoms with Crippen LogP contribution in [-0.2, 0) is 0 Å². The molecule has 6 heteroatoms. The zero-order valence-electron chi connectivity index (χ0n) is 8.33. The minimum Gasteiger partial charge on any atom is -0.506 e. The van der Waals surface area contributed by atoms with Gasteiger partial charge in [0.15, 0.2) is 0 Å².